The van der Waals surface area contributed by atoms with Crippen molar-refractivity contribution in [2.24, 2.45) is 0 Å². The maximum Gasteiger partial charge on any atom is 0.418 e. The van der Waals surface area contributed by atoms with Gasteiger partial charge in [-0.15, -0.1) is 0 Å². The summed E-state index contributed by atoms with van der Waals surface area (Å²) in [4.78, 5) is 50.9. The second kappa shape index (κ2) is 9.01. The molecule has 0 spiro atoms. The van der Waals surface area contributed by atoms with Crippen LogP contribution in [0.1, 0.15) is 38.8 Å². The lowest BCUT2D eigenvalue weighted by Crippen LogP contribution is -2.48. The molecule has 2 saturated heterocycles. The van der Waals surface area contributed by atoms with Crippen molar-refractivity contribution in [1.29, 1.82) is 0 Å². The van der Waals surface area contributed by atoms with Gasteiger partial charge in [-0.05, 0) is 12.5 Å². The van der Waals surface area contributed by atoms with E-state index in [1.165, 1.54) is 12.3 Å². The SMILES string of the molecule is CCCCCC(=O)OC[C@H]1O[C@@H](n2ccc(NO)nc2=O)[C@@H]2OC(=O)C(=O)O[C@@H]21. The monoisotopic (exact) mass is 411 g/mol. The molecule has 2 aliphatic heterocycles. The number of carbonyl (C=O) groups excluding carboxylic acids is 3. The van der Waals surface area contributed by atoms with Gasteiger partial charge in [0.05, 0.1) is 0 Å². The Labute approximate surface area is 164 Å². The fraction of sp³-hybridized carbons (Fsp3) is 0.588. The summed E-state index contributed by atoms with van der Waals surface area (Å²) in [5.41, 5.74) is 0.932. The number of fused-ring (bicyclic) bond motifs is 1. The van der Waals surface area contributed by atoms with Gasteiger partial charge in [-0.1, -0.05) is 19.8 Å². The van der Waals surface area contributed by atoms with Crippen LogP contribution in [0.5, 0.6) is 0 Å². The summed E-state index contributed by atoms with van der Waals surface area (Å²) in [6, 6.07) is 1.29. The Morgan fingerprint density at radius 1 is 1.24 bits per heavy atom. The number of ether oxygens (including phenoxy) is 4. The highest BCUT2D eigenvalue weighted by Gasteiger charge is 2.55. The fourth-order valence-corrected chi connectivity index (χ4v) is 3.11. The lowest BCUT2D eigenvalue weighted by atomic mass is 10.1. The average molecular weight is 411 g/mol. The Kier molecular flexibility index (Phi) is 6.44. The zero-order valence-corrected chi connectivity index (χ0v) is 15.6. The van der Waals surface area contributed by atoms with Crippen molar-refractivity contribution < 1.29 is 38.5 Å². The minimum atomic E-state index is -1.22. The molecule has 4 atom stereocenters. The van der Waals surface area contributed by atoms with Crippen molar-refractivity contribution in [2.75, 3.05) is 12.1 Å². The molecular weight excluding hydrogens is 390 g/mol. The molecule has 2 aliphatic rings. The maximum atomic E-state index is 12.2. The highest BCUT2D eigenvalue weighted by molar-refractivity contribution is 6.30. The zero-order valence-electron chi connectivity index (χ0n) is 15.6. The number of nitrogens with one attached hydrogen (secondary N) is 1. The van der Waals surface area contributed by atoms with E-state index >= 15 is 0 Å². The molecule has 0 aliphatic carbocycles. The van der Waals surface area contributed by atoms with Crippen LogP contribution in [0.3, 0.4) is 0 Å². The number of hydrogen-bond donors (Lipinski definition) is 2. The van der Waals surface area contributed by atoms with E-state index in [-0.39, 0.29) is 18.8 Å². The molecule has 158 valence electrons. The molecule has 0 radical (unpaired) electrons. The Bertz CT molecular complexity index is 840. The van der Waals surface area contributed by atoms with Crippen molar-refractivity contribution in [2.45, 2.75) is 57.1 Å². The molecule has 2 N–H and O–H groups in total. The first-order valence-corrected chi connectivity index (χ1v) is 9.16. The molecule has 1 aromatic heterocycles. The number of carbonyl (C=O) groups is 3. The van der Waals surface area contributed by atoms with Crippen LogP contribution in [-0.4, -0.2) is 57.6 Å². The first-order valence-electron chi connectivity index (χ1n) is 9.16. The van der Waals surface area contributed by atoms with E-state index in [9.17, 15) is 19.2 Å². The topological polar surface area (TPSA) is 155 Å². The largest absolute Gasteiger partial charge is 0.463 e. The number of esters is 3. The molecule has 0 unspecified atom stereocenters. The number of nitrogens with zero attached hydrogens (tertiary/aromatic N) is 2. The molecule has 0 aromatic carbocycles. The Balaban J connectivity index is 1.75. The normalized spacial score (nSPS) is 25.7. The van der Waals surface area contributed by atoms with E-state index in [0.29, 0.717) is 6.42 Å². The lowest BCUT2D eigenvalue weighted by molar-refractivity contribution is -0.195. The van der Waals surface area contributed by atoms with Gasteiger partial charge in [-0.2, -0.15) is 4.98 Å². The minimum absolute atomic E-state index is 0.0922. The summed E-state index contributed by atoms with van der Waals surface area (Å²) < 4.78 is 22.1. The molecule has 0 saturated carbocycles. The van der Waals surface area contributed by atoms with Crippen LogP contribution in [0.2, 0.25) is 0 Å². The van der Waals surface area contributed by atoms with Crippen LogP contribution < -0.4 is 11.2 Å². The molecule has 12 heteroatoms. The van der Waals surface area contributed by atoms with E-state index < -0.39 is 48.1 Å². The van der Waals surface area contributed by atoms with Gasteiger partial charge >= 0.3 is 23.6 Å². The van der Waals surface area contributed by atoms with Crippen molar-refractivity contribution in [1.82, 2.24) is 9.55 Å². The molecule has 29 heavy (non-hydrogen) atoms. The summed E-state index contributed by atoms with van der Waals surface area (Å²) in [7, 11) is 0. The van der Waals surface area contributed by atoms with Gasteiger partial charge in [-0.3, -0.25) is 20.0 Å². The molecule has 3 heterocycles. The van der Waals surface area contributed by atoms with Crippen molar-refractivity contribution in [3.63, 3.8) is 0 Å². The van der Waals surface area contributed by atoms with Gasteiger partial charge in [0.25, 0.3) is 0 Å². The van der Waals surface area contributed by atoms with Crippen LogP contribution in [0.25, 0.3) is 0 Å². The van der Waals surface area contributed by atoms with Gasteiger partial charge < -0.3 is 18.9 Å². The smallest absolute Gasteiger partial charge is 0.418 e. The molecule has 0 amide bonds. The average Bonchev–Trinajstić information content (AvgIpc) is 3.04. The third-order valence-electron chi connectivity index (χ3n) is 4.55. The van der Waals surface area contributed by atoms with Crippen LogP contribution in [0, 0.1) is 0 Å². The second-order valence-corrected chi connectivity index (χ2v) is 6.56. The molecule has 12 nitrogen and oxygen atoms in total. The van der Waals surface area contributed by atoms with Crippen LogP contribution >= 0.6 is 0 Å². The highest BCUT2D eigenvalue weighted by Crippen LogP contribution is 2.35. The first-order chi connectivity index (χ1) is 13.9. The molecule has 3 rings (SSSR count). The van der Waals surface area contributed by atoms with Crippen LogP contribution in [-0.2, 0) is 33.3 Å². The van der Waals surface area contributed by atoms with Crippen LogP contribution in [0.4, 0.5) is 5.82 Å². The predicted molar refractivity (Wildman–Crippen MR) is 92.7 cm³/mol. The summed E-state index contributed by atoms with van der Waals surface area (Å²) in [6.07, 6.45) is -0.247. The molecule has 1 aromatic rings. The third-order valence-corrected chi connectivity index (χ3v) is 4.55. The van der Waals surface area contributed by atoms with Gasteiger partial charge in [0, 0.05) is 12.6 Å². The standard InChI is InChI=1S/C17H21N3O9/c1-2-3-4-5-11(21)26-8-9-12-13(29-16(23)15(22)28-12)14(27-9)20-7-6-10(19-25)18-17(20)24/h6-7,9,12-14,25H,2-5,8H2,1H3,(H,18,19,24)/t9-,12-,13-,14-/m1/s1. The highest BCUT2D eigenvalue weighted by atomic mass is 16.7. The van der Waals surface area contributed by atoms with Gasteiger partial charge in [0.2, 0.25) is 0 Å². The Hall–Kier alpha value is -2.99. The van der Waals surface area contributed by atoms with Crippen molar-refractivity contribution >= 4 is 23.7 Å². The second-order valence-electron chi connectivity index (χ2n) is 6.56. The Morgan fingerprint density at radius 2 is 1.97 bits per heavy atom. The number of aromatic nitrogens is 2. The number of anilines is 1. The summed E-state index contributed by atoms with van der Waals surface area (Å²) in [5, 5.41) is 8.84. The Morgan fingerprint density at radius 3 is 2.62 bits per heavy atom. The molecule has 2 fully saturated rings. The zero-order chi connectivity index (χ0) is 21.0. The predicted octanol–water partition coefficient (Wildman–Crippen LogP) is -0.0975. The summed E-state index contributed by atoms with van der Waals surface area (Å²) in [6.45, 7) is 1.77. The molecular formula is C17H21N3O9. The minimum Gasteiger partial charge on any atom is -0.463 e. The fourth-order valence-electron chi connectivity index (χ4n) is 3.11. The van der Waals surface area contributed by atoms with Crippen LogP contribution in [0.15, 0.2) is 17.1 Å². The first kappa shape index (κ1) is 20.7. The van der Waals surface area contributed by atoms with E-state index in [1.807, 2.05) is 6.92 Å². The number of hydrogen-bond acceptors (Lipinski definition) is 11. The van der Waals surface area contributed by atoms with Crippen molar-refractivity contribution in [3.8, 4) is 0 Å². The maximum absolute atomic E-state index is 12.2. The van der Waals surface area contributed by atoms with E-state index in [1.54, 1.807) is 5.48 Å². The molecule has 0 bridgehead atoms. The lowest BCUT2D eigenvalue weighted by Gasteiger charge is -2.27. The summed E-state index contributed by atoms with van der Waals surface area (Å²) in [5.74, 6) is -2.93. The summed E-state index contributed by atoms with van der Waals surface area (Å²) >= 11 is 0. The quantitative estimate of drug-likeness (QED) is 0.194. The number of rotatable bonds is 8. The van der Waals surface area contributed by atoms with E-state index in [0.717, 1.165) is 17.4 Å². The van der Waals surface area contributed by atoms with Crippen molar-refractivity contribution in [3.05, 3.63) is 22.7 Å². The third kappa shape index (κ3) is 4.54. The van der Waals surface area contributed by atoms with Gasteiger partial charge in [-0.25, -0.2) is 14.4 Å². The van der Waals surface area contributed by atoms with Gasteiger partial charge in [0.15, 0.2) is 24.3 Å². The van der Waals surface area contributed by atoms with E-state index in [2.05, 4.69) is 4.98 Å². The van der Waals surface area contributed by atoms with Gasteiger partial charge in [0.1, 0.15) is 12.7 Å². The van der Waals surface area contributed by atoms with E-state index in [4.69, 9.17) is 24.2 Å². The number of unbranched alkanes of at least 4 members (excludes halogenated alkanes) is 2.